The maximum Gasteiger partial charge on any atom is 0.325 e. The van der Waals surface area contributed by atoms with Crippen molar-refractivity contribution >= 4 is 32.7 Å². The van der Waals surface area contributed by atoms with E-state index in [-0.39, 0.29) is 17.2 Å². The van der Waals surface area contributed by atoms with Crippen molar-refractivity contribution < 1.29 is 22.7 Å². The van der Waals surface area contributed by atoms with Gasteiger partial charge in [0.05, 0.1) is 4.90 Å². The Hall–Kier alpha value is -2.97. The molecule has 0 radical (unpaired) electrons. The first-order valence-corrected chi connectivity index (χ1v) is 11.7. The lowest BCUT2D eigenvalue weighted by molar-refractivity contribution is -0.151. The number of Topliss-reactive ketones (excluding diaryl/α,β-unsaturated/α-hetero) is 1. The van der Waals surface area contributed by atoms with Gasteiger partial charge in [0.1, 0.15) is 6.04 Å². The van der Waals surface area contributed by atoms with Gasteiger partial charge in [0.15, 0.2) is 6.10 Å². The molecule has 0 aliphatic carbocycles. The van der Waals surface area contributed by atoms with Crippen LogP contribution >= 0.6 is 0 Å². The fraction of sp³-hybridized carbons (Fsp3) is 0.304. The van der Waals surface area contributed by atoms with Crippen LogP contribution < -0.4 is 0 Å². The summed E-state index contributed by atoms with van der Waals surface area (Å²) < 4.78 is 32.9. The molecular formula is C23H24N2O5S. The third-order valence-corrected chi connectivity index (χ3v) is 7.51. The van der Waals surface area contributed by atoms with Gasteiger partial charge in [-0.25, -0.2) is 8.42 Å². The van der Waals surface area contributed by atoms with Crippen molar-refractivity contribution in [2.45, 2.75) is 43.2 Å². The summed E-state index contributed by atoms with van der Waals surface area (Å²) >= 11 is 0. The number of benzene rings is 2. The van der Waals surface area contributed by atoms with Crippen molar-refractivity contribution in [1.29, 1.82) is 0 Å². The Kier molecular flexibility index (Phi) is 5.93. The van der Waals surface area contributed by atoms with Crippen LogP contribution in [-0.4, -0.2) is 48.2 Å². The third kappa shape index (κ3) is 4.13. The lowest BCUT2D eigenvalue weighted by Gasteiger charge is -2.33. The number of ether oxygens (including phenoxy) is 1. The van der Waals surface area contributed by atoms with Crippen LogP contribution in [0.1, 0.15) is 36.5 Å². The maximum absolute atomic E-state index is 13.1. The largest absolute Gasteiger partial charge is 0.453 e. The van der Waals surface area contributed by atoms with Gasteiger partial charge in [0.25, 0.3) is 0 Å². The van der Waals surface area contributed by atoms with Crippen LogP contribution in [0.25, 0.3) is 10.9 Å². The molecule has 162 valence electrons. The number of esters is 1. The number of fused-ring (bicyclic) bond motifs is 1. The van der Waals surface area contributed by atoms with E-state index in [1.165, 1.54) is 23.4 Å². The first-order valence-electron chi connectivity index (χ1n) is 10.3. The molecule has 1 aliphatic heterocycles. The maximum atomic E-state index is 13.1. The monoisotopic (exact) mass is 440 g/mol. The SMILES string of the molecule is CC(OC(=O)C1CCCCN1S(=O)(=O)c1ccccc1)C(=O)c1c[nH]c2ccccc12. The third-order valence-electron chi connectivity index (χ3n) is 5.59. The second kappa shape index (κ2) is 8.64. The second-order valence-electron chi connectivity index (χ2n) is 7.63. The molecule has 1 aliphatic rings. The molecular weight excluding hydrogens is 416 g/mol. The smallest absolute Gasteiger partial charge is 0.325 e. The highest BCUT2D eigenvalue weighted by molar-refractivity contribution is 7.89. The summed E-state index contributed by atoms with van der Waals surface area (Å²) in [5.41, 5.74) is 1.25. The van der Waals surface area contributed by atoms with Crippen LogP contribution in [0.3, 0.4) is 0 Å². The molecule has 0 saturated carbocycles. The van der Waals surface area contributed by atoms with Crippen molar-refractivity contribution in [1.82, 2.24) is 9.29 Å². The summed E-state index contributed by atoms with van der Waals surface area (Å²) in [5.74, 6) is -1.03. The van der Waals surface area contributed by atoms with E-state index in [9.17, 15) is 18.0 Å². The highest BCUT2D eigenvalue weighted by atomic mass is 32.2. The topological polar surface area (TPSA) is 96.5 Å². The number of nitrogens with one attached hydrogen (secondary N) is 1. The predicted molar refractivity (Wildman–Crippen MR) is 116 cm³/mol. The Morgan fingerprint density at radius 3 is 2.55 bits per heavy atom. The van der Waals surface area contributed by atoms with Gasteiger partial charge in [-0.2, -0.15) is 4.31 Å². The van der Waals surface area contributed by atoms with Gasteiger partial charge < -0.3 is 9.72 Å². The van der Waals surface area contributed by atoms with Crippen LogP contribution in [0.15, 0.2) is 65.7 Å². The minimum Gasteiger partial charge on any atom is -0.453 e. The number of piperidine rings is 1. The van der Waals surface area contributed by atoms with Gasteiger partial charge in [-0.05, 0) is 44.4 Å². The van der Waals surface area contributed by atoms with Gasteiger partial charge >= 0.3 is 5.97 Å². The number of aromatic amines is 1. The van der Waals surface area contributed by atoms with E-state index in [1.807, 2.05) is 24.3 Å². The lowest BCUT2D eigenvalue weighted by atomic mass is 10.0. The Morgan fingerprint density at radius 2 is 1.77 bits per heavy atom. The van der Waals surface area contributed by atoms with Crippen molar-refractivity contribution in [3.8, 4) is 0 Å². The normalized spacial score (nSPS) is 18.5. The zero-order valence-corrected chi connectivity index (χ0v) is 18.0. The minimum absolute atomic E-state index is 0.137. The van der Waals surface area contributed by atoms with Crippen LogP contribution in [-0.2, 0) is 19.6 Å². The second-order valence-corrected chi connectivity index (χ2v) is 9.52. The summed E-state index contributed by atoms with van der Waals surface area (Å²) in [6, 6.07) is 14.5. The van der Waals surface area contributed by atoms with Crippen LogP contribution in [0.2, 0.25) is 0 Å². The number of rotatable bonds is 6. The fourth-order valence-electron chi connectivity index (χ4n) is 3.96. The Labute approximate surface area is 181 Å². The zero-order valence-electron chi connectivity index (χ0n) is 17.2. The van der Waals surface area contributed by atoms with Crippen molar-refractivity contribution in [3.63, 3.8) is 0 Å². The molecule has 7 nitrogen and oxygen atoms in total. The van der Waals surface area contributed by atoms with E-state index in [1.54, 1.807) is 24.4 Å². The lowest BCUT2D eigenvalue weighted by Crippen LogP contribution is -2.49. The highest BCUT2D eigenvalue weighted by Gasteiger charge is 2.39. The summed E-state index contributed by atoms with van der Waals surface area (Å²) in [7, 11) is -3.84. The van der Waals surface area contributed by atoms with Crippen molar-refractivity contribution in [2.24, 2.45) is 0 Å². The number of H-pyrrole nitrogens is 1. The van der Waals surface area contributed by atoms with E-state index in [0.717, 1.165) is 10.9 Å². The molecule has 1 aromatic heterocycles. The van der Waals surface area contributed by atoms with Gasteiger partial charge in [0.2, 0.25) is 15.8 Å². The summed E-state index contributed by atoms with van der Waals surface area (Å²) in [6.07, 6.45) is 2.31. The number of carbonyl (C=O) groups is 2. The van der Waals surface area contributed by atoms with Crippen molar-refractivity contribution in [2.75, 3.05) is 6.54 Å². The average Bonchev–Trinajstić information content (AvgIpc) is 3.23. The molecule has 0 spiro atoms. The Morgan fingerprint density at radius 1 is 1.06 bits per heavy atom. The van der Waals surface area contributed by atoms with Crippen LogP contribution in [0.5, 0.6) is 0 Å². The molecule has 1 N–H and O–H groups in total. The number of ketones is 1. The average molecular weight is 441 g/mol. The number of nitrogens with zero attached hydrogens (tertiary/aromatic N) is 1. The molecule has 8 heteroatoms. The Bertz CT molecular complexity index is 1200. The molecule has 3 aromatic rings. The van der Waals surface area contributed by atoms with E-state index in [4.69, 9.17) is 4.74 Å². The van der Waals surface area contributed by atoms with Gasteiger partial charge in [-0.3, -0.25) is 9.59 Å². The minimum atomic E-state index is -3.84. The van der Waals surface area contributed by atoms with E-state index < -0.39 is 28.1 Å². The quantitative estimate of drug-likeness (QED) is 0.467. The van der Waals surface area contributed by atoms with Crippen molar-refractivity contribution in [3.05, 3.63) is 66.4 Å². The van der Waals surface area contributed by atoms with Crippen LogP contribution in [0, 0.1) is 0 Å². The van der Waals surface area contributed by atoms with E-state index in [0.29, 0.717) is 24.8 Å². The van der Waals surface area contributed by atoms with Crippen LogP contribution in [0.4, 0.5) is 0 Å². The first-order chi connectivity index (χ1) is 14.9. The predicted octanol–water partition coefficient (Wildman–Crippen LogP) is 3.53. The molecule has 2 atom stereocenters. The number of hydrogen-bond donors (Lipinski definition) is 1. The highest BCUT2D eigenvalue weighted by Crippen LogP contribution is 2.27. The summed E-state index contributed by atoms with van der Waals surface area (Å²) in [5, 5.41) is 0.751. The van der Waals surface area contributed by atoms with E-state index in [2.05, 4.69) is 4.98 Å². The molecule has 31 heavy (non-hydrogen) atoms. The standard InChI is InChI=1S/C23H24N2O5S/c1-16(22(26)19-15-24-20-12-6-5-11-18(19)20)30-23(27)21-13-7-8-14-25(21)31(28,29)17-9-3-2-4-10-17/h2-6,9-12,15-16,21,24H,7-8,13-14H2,1H3. The number of para-hydroxylation sites is 1. The summed E-state index contributed by atoms with van der Waals surface area (Å²) in [4.78, 5) is 29.0. The molecule has 1 saturated heterocycles. The number of aromatic nitrogens is 1. The number of carbonyl (C=O) groups excluding carboxylic acids is 2. The molecule has 4 rings (SSSR count). The first kappa shape index (κ1) is 21.3. The van der Waals surface area contributed by atoms with E-state index >= 15 is 0 Å². The van der Waals surface area contributed by atoms with Gasteiger partial charge in [0, 0.05) is 29.2 Å². The molecule has 2 unspecified atom stereocenters. The molecule has 0 bridgehead atoms. The fourth-order valence-corrected chi connectivity index (χ4v) is 5.62. The summed E-state index contributed by atoms with van der Waals surface area (Å²) in [6.45, 7) is 1.75. The molecule has 2 heterocycles. The molecule has 1 fully saturated rings. The molecule has 0 amide bonds. The number of hydrogen-bond acceptors (Lipinski definition) is 5. The Balaban J connectivity index is 1.53. The zero-order chi connectivity index (χ0) is 22.0. The van der Waals surface area contributed by atoms with Gasteiger partial charge in [-0.1, -0.05) is 36.4 Å². The van der Waals surface area contributed by atoms with Gasteiger partial charge in [-0.15, -0.1) is 0 Å². The molecule has 2 aromatic carbocycles. The number of sulfonamides is 1.